The topological polar surface area (TPSA) is 71.3 Å². The van der Waals surface area contributed by atoms with Gasteiger partial charge in [-0.15, -0.1) is 11.3 Å². The predicted molar refractivity (Wildman–Crippen MR) is 80.1 cm³/mol. The molecule has 2 aromatic rings. The first-order valence-electron chi connectivity index (χ1n) is 6.12. The molecule has 2 heterocycles. The van der Waals surface area contributed by atoms with Crippen LogP contribution in [0.3, 0.4) is 0 Å². The van der Waals surface area contributed by atoms with Crippen LogP contribution in [-0.4, -0.2) is 35.4 Å². The first kappa shape index (κ1) is 14.4. The number of pyridine rings is 1. The van der Waals surface area contributed by atoms with Crippen molar-refractivity contribution in [3.8, 4) is 0 Å². The van der Waals surface area contributed by atoms with E-state index < -0.39 is 4.92 Å². The summed E-state index contributed by atoms with van der Waals surface area (Å²) < 4.78 is 0. The fourth-order valence-corrected chi connectivity index (χ4v) is 2.74. The molecule has 0 spiro atoms. The number of nitrogens with one attached hydrogen (secondary N) is 1. The molecule has 0 saturated carbocycles. The largest absolute Gasteiger partial charge is 0.368 e. The van der Waals surface area contributed by atoms with Gasteiger partial charge >= 0.3 is 0 Å². The van der Waals surface area contributed by atoms with Gasteiger partial charge in [0.2, 0.25) is 0 Å². The van der Waals surface area contributed by atoms with E-state index in [1.807, 2.05) is 20.2 Å². The number of rotatable bonds is 6. The van der Waals surface area contributed by atoms with Crippen molar-refractivity contribution in [3.63, 3.8) is 0 Å². The third kappa shape index (κ3) is 3.52. The maximum atomic E-state index is 10.6. The lowest BCUT2D eigenvalue weighted by Crippen LogP contribution is -2.26. The van der Waals surface area contributed by atoms with Crippen molar-refractivity contribution >= 4 is 22.8 Å². The van der Waals surface area contributed by atoms with Crippen LogP contribution in [0.4, 0.5) is 11.5 Å². The van der Waals surface area contributed by atoms with Crippen LogP contribution in [0.25, 0.3) is 0 Å². The highest BCUT2D eigenvalue weighted by molar-refractivity contribution is 7.10. The van der Waals surface area contributed by atoms with Crippen LogP contribution in [0, 0.1) is 10.1 Å². The highest BCUT2D eigenvalue weighted by atomic mass is 32.1. The Kier molecular flexibility index (Phi) is 4.65. The number of thiophene rings is 1. The molecule has 0 radical (unpaired) electrons. The Morgan fingerprint density at radius 3 is 2.75 bits per heavy atom. The molecule has 0 aromatic carbocycles. The van der Waals surface area contributed by atoms with Gasteiger partial charge in [-0.05, 0) is 31.6 Å². The minimum absolute atomic E-state index is 0.00188. The summed E-state index contributed by atoms with van der Waals surface area (Å²) >= 11 is 1.71. The molecule has 0 aliphatic carbocycles. The molecule has 20 heavy (non-hydrogen) atoms. The first-order chi connectivity index (χ1) is 9.58. The summed E-state index contributed by atoms with van der Waals surface area (Å²) in [5.41, 5.74) is -0.00188. The number of likely N-dealkylation sites (N-methyl/N-ethyl adjacent to an activating group) is 1. The van der Waals surface area contributed by atoms with Crippen LogP contribution in [-0.2, 0) is 0 Å². The Labute approximate surface area is 121 Å². The maximum Gasteiger partial charge on any atom is 0.287 e. The molecule has 0 amide bonds. The number of hydrogen-bond donors (Lipinski definition) is 1. The second-order valence-corrected chi connectivity index (χ2v) is 5.51. The Morgan fingerprint density at radius 2 is 2.25 bits per heavy atom. The zero-order valence-corrected chi connectivity index (χ0v) is 12.1. The van der Waals surface area contributed by atoms with E-state index in [9.17, 15) is 10.1 Å². The van der Waals surface area contributed by atoms with Crippen molar-refractivity contribution in [1.82, 2.24) is 9.88 Å². The molecule has 0 saturated heterocycles. The molecule has 1 atom stereocenters. The SMILES string of the molecule is CN(C)[C@H](CNc1ccc([N+](=O)[O-])cn1)c1cccs1. The number of aromatic nitrogens is 1. The molecular formula is C13H16N4O2S. The van der Waals surface area contributed by atoms with Crippen LogP contribution in [0.2, 0.25) is 0 Å². The minimum atomic E-state index is -0.453. The smallest absolute Gasteiger partial charge is 0.287 e. The minimum Gasteiger partial charge on any atom is -0.368 e. The Morgan fingerprint density at radius 1 is 1.45 bits per heavy atom. The van der Waals surface area contributed by atoms with Gasteiger partial charge in [-0.3, -0.25) is 10.1 Å². The average Bonchev–Trinajstić information content (AvgIpc) is 2.93. The van der Waals surface area contributed by atoms with Crippen molar-refractivity contribution in [2.24, 2.45) is 0 Å². The molecule has 0 unspecified atom stereocenters. The molecule has 7 heteroatoms. The molecule has 2 aromatic heterocycles. The van der Waals surface area contributed by atoms with Crippen LogP contribution in [0.1, 0.15) is 10.9 Å². The van der Waals surface area contributed by atoms with E-state index in [1.54, 1.807) is 17.4 Å². The lowest BCUT2D eigenvalue weighted by Gasteiger charge is -2.23. The van der Waals surface area contributed by atoms with Gasteiger partial charge in [0.15, 0.2) is 0 Å². The Balaban J connectivity index is 2.01. The van der Waals surface area contributed by atoms with Gasteiger partial charge in [0.25, 0.3) is 5.69 Å². The van der Waals surface area contributed by atoms with Gasteiger partial charge in [-0.1, -0.05) is 6.07 Å². The second kappa shape index (κ2) is 6.44. The summed E-state index contributed by atoms with van der Waals surface area (Å²) in [4.78, 5) is 17.6. The second-order valence-electron chi connectivity index (χ2n) is 4.53. The van der Waals surface area contributed by atoms with Crippen LogP contribution < -0.4 is 5.32 Å². The zero-order valence-electron chi connectivity index (χ0n) is 11.3. The van der Waals surface area contributed by atoms with Crippen molar-refractivity contribution in [2.45, 2.75) is 6.04 Å². The van der Waals surface area contributed by atoms with Crippen molar-refractivity contribution in [1.29, 1.82) is 0 Å². The van der Waals surface area contributed by atoms with E-state index in [2.05, 4.69) is 26.6 Å². The molecule has 0 aliphatic rings. The lowest BCUT2D eigenvalue weighted by molar-refractivity contribution is -0.385. The van der Waals surface area contributed by atoms with Crippen molar-refractivity contribution in [3.05, 3.63) is 50.8 Å². The summed E-state index contributed by atoms with van der Waals surface area (Å²) in [5, 5.41) is 15.8. The van der Waals surface area contributed by atoms with Gasteiger partial charge in [-0.25, -0.2) is 4.98 Å². The van der Waals surface area contributed by atoms with E-state index in [0.29, 0.717) is 12.4 Å². The van der Waals surface area contributed by atoms with Gasteiger partial charge in [-0.2, -0.15) is 0 Å². The van der Waals surface area contributed by atoms with E-state index in [4.69, 9.17) is 0 Å². The fourth-order valence-electron chi connectivity index (χ4n) is 1.82. The summed E-state index contributed by atoms with van der Waals surface area (Å²) in [5.74, 6) is 0.638. The van der Waals surface area contributed by atoms with E-state index in [0.717, 1.165) is 0 Å². The number of anilines is 1. The predicted octanol–water partition coefficient (Wildman–Crippen LogP) is 2.77. The molecule has 6 nitrogen and oxygen atoms in total. The third-order valence-corrected chi connectivity index (χ3v) is 3.90. The number of nitrogens with zero attached hydrogens (tertiary/aromatic N) is 3. The van der Waals surface area contributed by atoms with Crippen LogP contribution in [0.5, 0.6) is 0 Å². The van der Waals surface area contributed by atoms with E-state index >= 15 is 0 Å². The molecule has 106 valence electrons. The summed E-state index contributed by atoms with van der Waals surface area (Å²) in [6, 6.07) is 7.44. The summed E-state index contributed by atoms with van der Waals surface area (Å²) in [6.45, 7) is 0.693. The monoisotopic (exact) mass is 292 g/mol. The van der Waals surface area contributed by atoms with E-state index in [1.165, 1.54) is 17.1 Å². The van der Waals surface area contributed by atoms with E-state index in [-0.39, 0.29) is 11.7 Å². The highest BCUT2D eigenvalue weighted by Gasteiger charge is 2.15. The summed E-state index contributed by atoms with van der Waals surface area (Å²) in [6.07, 6.45) is 1.26. The van der Waals surface area contributed by atoms with Crippen LogP contribution >= 0.6 is 11.3 Å². The fraction of sp³-hybridized carbons (Fsp3) is 0.308. The standard InChI is InChI=1S/C13H16N4O2S/c1-16(2)11(12-4-3-7-20-12)9-15-13-6-5-10(8-14-13)17(18)19/h3-8,11H,9H2,1-2H3,(H,14,15)/t11-/m1/s1. The maximum absolute atomic E-state index is 10.6. The number of nitro groups is 1. The van der Waals surface area contributed by atoms with Gasteiger partial charge < -0.3 is 10.2 Å². The molecule has 0 fully saturated rings. The third-order valence-electron chi connectivity index (χ3n) is 2.93. The van der Waals surface area contributed by atoms with Crippen LogP contribution in [0.15, 0.2) is 35.8 Å². The quantitative estimate of drug-likeness (QED) is 0.655. The lowest BCUT2D eigenvalue weighted by atomic mass is 10.2. The Hall–Kier alpha value is -1.99. The van der Waals surface area contributed by atoms with Gasteiger partial charge in [0, 0.05) is 17.5 Å². The summed E-state index contributed by atoms with van der Waals surface area (Å²) in [7, 11) is 4.05. The molecule has 0 bridgehead atoms. The van der Waals surface area contributed by atoms with Crippen molar-refractivity contribution < 1.29 is 4.92 Å². The molecular weight excluding hydrogens is 276 g/mol. The first-order valence-corrected chi connectivity index (χ1v) is 7.00. The number of hydrogen-bond acceptors (Lipinski definition) is 6. The van der Waals surface area contributed by atoms with Gasteiger partial charge in [0.1, 0.15) is 12.0 Å². The molecule has 1 N–H and O–H groups in total. The zero-order chi connectivity index (χ0) is 14.5. The molecule has 2 rings (SSSR count). The average molecular weight is 292 g/mol. The molecule has 0 aliphatic heterocycles. The van der Waals surface area contributed by atoms with Crippen molar-refractivity contribution in [2.75, 3.05) is 26.0 Å². The Bertz CT molecular complexity index is 554. The normalized spacial score (nSPS) is 12.3. The van der Waals surface area contributed by atoms with Gasteiger partial charge in [0.05, 0.1) is 11.0 Å². The highest BCUT2D eigenvalue weighted by Crippen LogP contribution is 2.23.